The fraction of sp³-hybridized carbons (Fsp3) is 0.158. The van der Waals surface area contributed by atoms with E-state index in [9.17, 15) is 14.7 Å². The Bertz CT molecular complexity index is 934. The molecule has 110 valence electrons. The first kappa shape index (κ1) is 17.7. The number of carboxylic acid groups (broad SMARTS) is 1. The van der Waals surface area contributed by atoms with Crippen LogP contribution in [0.3, 0.4) is 0 Å². The minimum atomic E-state index is -1.09. The van der Waals surface area contributed by atoms with Gasteiger partial charge in [-0.3, -0.25) is 4.79 Å². The van der Waals surface area contributed by atoms with Crippen molar-refractivity contribution in [2.75, 3.05) is 0 Å². The number of fused-ring (bicyclic) bond motifs is 2. The summed E-state index contributed by atoms with van der Waals surface area (Å²) in [5.74, 6) is -1.74. The number of benzene rings is 2. The molecule has 3 aromatic rings. The summed E-state index contributed by atoms with van der Waals surface area (Å²) < 4.78 is 0. The van der Waals surface area contributed by atoms with Crippen LogP contribution in [0.25, 0.3) is 21.5 Å². The van der Waals surface area contributed by atoms with E-state index in [0.29, 0.717) is 22.8 Å². The fourth-order valence-electron chi connectivity index (χ4n) is 2.85. The van der Waals surface area contributed by atoms with E-state index in [1.807, 2.05) is 37.3 Å². The second-order valence-electron chi connectivity index (χ2n) is 5.38. The predicted molar refractivity (Wildman–Crippen MR) is 85.8 cm³/mol. The third-order valence-electron chi connectivity index (χ3n) is 4.06. The van der Waals surface area contributed by atoms with Crippen LogP contribution in [0, 0.1) is 0 Å². The molecule has 1 unspecified atom stereocenters. The number of carbonyl (C=O) groups excluding carboxylic acids is 1. The number of hydrogen-bond donors (Lipinski definition) is 0. The first-order valence-electron chi connectivity index (χ1n) is 7.28. The van der Waals surface area contributed by atoms with Gasteiger partial charge in [0.2, 0.25) is 0 Å². The van der Waals surface area contributed by atoms with Crippen LogP contribution < -0.4 is 40.1 Å². The monoisotopic (exact) mass is 314 g/mol. The van der Waals surface area contributed by atoms with Crippen LogP contribution in [0.5, 0.6) is 0 Å². The number of hydrogen-bond acceptors (Lipinski definition) is 3. The van der Waals surface area contributed by atoms with Gasteiger partial charge in [-0.2, -0.15) is 0 Å². The Hall–Kier alpha value is -1.68. The average molecular weight is 314 g/mol. The van der Waals surface area contributed by atoms with Crippen LogP contribution in [0.15, 0.2) is 59.4 Å². The van der Waals surface area contributed by atoms with E-state index >= 15 is 0 Å². The molecule has 0 saturated heterocycles. The van der Waals surface area contributed by atoms with E-state index < -0.39 is 11.9 Å². The Labute approximate surface area is 156 Å². The predicted octanol–water partition coefficient (Wildman–Crippen LogP) is -0.399. The molecule has 0 aliphatic rings. The van der Waals surface area contributed by atoms with Crippen LogP contribution in [-0.4, -0.2) is 5.97 Å². The number of rotatable bonds is 3. The van der Waals surface area contributed by atoms with Crippen molar-refractivity contribution in [2.24, 2.45) is 0 Å². The summed E-state index contributed by atoms with van der Waals surface area (Å²) in [6.07, 6.45) is 0.457. The molecular formula is C19H15NaO3. The second-order valence-corrected chi connectivity index (χ2v) is 5.38. The minimum Gasteiger partial charge on any atom is -0.549 e. The van der Waals surface area contributed by atoms with Crippen molar-refractivity contribution < 1.29 is 39.5 Å². The van der Waals surface area contributed by atoms with Crippen LogP contribution in [0.2, 0.25) is 0 Å². The largest absolute Gasteiger partial charge is 1.00 e. The summed E-state index contributed by atoms with van der Waals surface area (Å²) in [4.78, 5) is 23.9. The molecule has 4 heteroatoms. The molecule has 0 aliphatic heterocycles. The van der Waals surface area contributed by atoms with Gasteiger partial charge in [-0.25, -0.2) is 0 Å². The van der Waals surface area contributed by atoms with Gasteiger partial charge in [0.25, 0.3) is 0 Å². The van der Waals surface area contributed by atoms with Gasteiger partial charge in [0.1, 0.15) is 0 Å². The van der Waals surface area contributed by atoms with Crippen molar-refractivity contribution in [1.82, 2.24) is 0 Å². The molecular weight excluding hydrogens is 299 g/mol. The summed E-state index contributed by atoms with van der Waals surface area (Å²) in [5, 5.41) is 14.1. The second kappa shape index (κ2) is 7.26. The maximum atomic E-state index is 12.6. The van der Waals surface area contributed by atoms with E-state index in [2.05, 4.69) is 0 Å². The topological polar surface area (TPSA) is 57.2 Å². The van der Waals surface area contributed by atoms with Crippen molar-refractivity contribution >= 4 is 27.5 Å². The molecule has 0 aliphatic carbocycles. The Kier molecular flexibility index (Phi) is 5.58. The maximum absolute atomic E-state index is 12.6. The summed E-state index contributed by atoms with van der Waals surface area (Å²) in [7, 11) is 0. The summed E-state index contributed by atoms with van der Waals surface area (Å²) >= 11 is 0. The van der Waals surface area contributed by atoms with Gasteiger partial charge in [-0.15, -0.1) is 0 Å². The molecule has 0 amide bonds. The first-order valence-corrected chi connectivity index (χ1v) is 7.28. The molecule has 23 heavy (non-hydrogen) atoms. The fourth-order valence-corrected chi connectivity index (χ4v) is 2.85. The summed E-state index contributed by atoms with van der Waals surface area (Å²) in [6.45, 7) is 1.81. The first-order chi connectivity index (χ1) is 10.6. The molecule has 0 heterocycles. The number of carboxylic acids is 1. The van der Waals surface area contributed by atoms with Crippen molar-refractivity contribution in [3.05, 3.63) is 70.4 Å². The zero-order valence-corrected chi connectivity index (χ0v) is 15.2. The molecule has 0 fully saturated rings. The zero-order valence-electron chi connectivity index (χ0n) is 13.2. The Morgan fingerprint density at radius 3 is 2.35 bits per heavy atom. The third-order valence-corrected chi connectivity index (χ3v) is 4.06. The zero-order chi connectivity index (χ0) is 15.7. The molecule has 0 bridgehead atoms. The molecule has 1 atom stereocenters. The van der Waals surface area contributed by atoms with Crippen molar-refractivity contribution in [1.29, 1.82) is 0 Å². The quantitative estimate of drug-likeness (QED) is 0.618. The Morgan fingerprint density at radius 2 is 1.65 bits per heavy atom. The van der Waals surface area contributed by atoms with Gasteiger partial charge in [0, 0.05) is 22.7 Å². The van der Waals surface area contributed by atoms with E-state index in [4.69, 9.17) is 0 Å². The van der Waals surface area contributed by atoms with Crippen molar-refractivity contribution in [3.8, 4) is 0 Å². The summed E-state index contributed by atoms with van der Waals surface area (Å²) in [5.41, 5.74) is 0.633. The van der Waals surface area contributed by atoms with Crippen molar-refractivity contribution in [2.45, 2.75) is 19.3 Å². The molecule has 0 spiro atoms. The number of aliphatic carboxylic acids is 1. The minimum absolute atomic E-state index is 0. The molecule has 0 radical (unpaired) electrons. The molecule has 0 N–H and O–H groups in total. The van der Waals surface area contributed by atoms with Crippen LogP contribution >= 0.6 is 0 Å². The van der Waals surface area contributed by atoms with Crippen molar-refractivity contribution in [3.63, 3.8) is 0 Å². The molecule has 3 rings (SSSR count). The van der Waals surface area contributed by atoms with E-state index in [-0.39, 0.29) is 35.0 Å². The van der Waals surface area contributed by atoms with Gasteiger partial charge < -0.3 is 9.90 Å². The maximum Gasteiger partial charge on any atom is 1.00 e. The standard InChI is InChI=1S/C19H16O3.Na/c1-2-15(19(21)22)13-9-10-17-14(11-13)8-7-12-5-3-4-6-16(12)18(17)20;/h3-11,15H,2H2,1H3,(H,21,22);/q;+1/p-1. The van der Waals surface area contributed by atoms with Crippen LogP contribution in [-0.2, 0) is 4.79 Å². The van der Waals surface area contributed by atoms with Gasteiger partial charge in [-0.05, 0) is 22.8 Å². The molecule has 0 aromatic heterocycles. The summed E-state index contributed by atoms with van der Waals surface area (Å²) in [6, 6.07) is 16.4. The van der Waals surface area contributed by atoms with Gasteiger partial charge >= 0.3 is 29.6 Å². The molecule has 3 aromatic carbocycles. The molecule has 3 nitrogen and oxygen atoms in total. The molecule has 0 saturated carbocycles. The Balaban J connectivity index is 0.00000192. The average Bonchev–Trinajstić information content (AvgIpc) is 2.66. The normalized spacial score (nSPS) is 11.9. The van der Waals surface area contributed by atoms with Gasteiger partial charge in [0.15, 0.2) is 5.43 Å². The van der Waals surface area contributed by atoms with Gasteiger partial charge in [0.05, 0.1) is 0 Å². The van der Waals surface area contributed by atoms with Crippen LogP contribution in [0.4, 0.5) is 0 Å². The van der Waals surface area contributed by atoms with E-state index in [0.717, 1.165) is 10.8 Å². The Morgan fingerprint density at radius 1 is 1.00 bits per heavy atom. The third kappa shape index (κ3) is 3.32. The SMILES string of the molecule is CCC(C(=O)[O-])c1ccc2c(=O)c3ccccc3ccc2c1.[Na+]. The smallest absolute Gasteiger partial charge is 0.549 e. The number of carbonyl (C=O) groups is 1. The van der Waals surface area contributed by atoms with E-state index in [1.165, 1.54) is 0 Å². The van der Waals surface area contributed by atoms with E-state index in [1.54, 1.807) is 24.3 Å². The van der Waals surface area contributed by atoms with Crippen LogP contribution in [0.1, 0.15) is 24.8 Å². The van der Waals surface area contributed by atoms with Gasteiger partial charge in [-0.1, -0.05) is 61.5 Å².